The van der Waals surface area contributed by atoms with Gasteiger partial charge < -0.3 is 14.6 Å². The Hall–Kier alpha value is -2.44. The third kappa shape index (κ3) is 5.36. The summed E-state index contributed by atoms with van der Waals surface area (Å²) in [6.45, 7) is 2.23. The number of hydrogen-bond acceptors (Lipinski definition) is 5. The lowest BCUT2D eigenvalue weighted by molar-refractivity contribution is -0.385. The van der Waals surface area contributed by atoms with E-state index in [1.54, 1.807) is 12.1 Å². The summed E-state index contributed by atoms with van der Waals surface area (Å²) in [7, 11) is 0. The van der Waals surface area contributed by atoms with Crippen molar-refractivity contribution in [3.05, 3.63) is 69.8 Å². The predicted molar refractivity (Wildman–Crippen MR) is 85.4 cm³/mol. The van der Waals surface area contributed by atoms with Crippen LogP contribution < -0.4 is 4.74 Å². The van der Waals surface area contributed by atoms with Crippen molar-refractivity contribution in [3.63, 3.8) is 0 Å². The molecule has 0 amide bonds. The van der Waals surface area contributed by atoms with E-state index < -0.39 is 11.0 Å². The second-order valence-electron chi connectivity index (χ2n) is 5.19. The van der Waals surface area contributed by atoms with E-state index in [0.717, 1.165) is 11.1 Å². The van der Waals surface area contributed by atoms with E-state index in [1.165, 1.54) is 6.07 Å². The summed E-state index contributed by atoms with van der Waals surface area (Å²) < 4.78 is 10.8. The van der Waals surface area contributed by atoms with Gasteiger partial charge in [-0.25, -0.2) is 0 Å². The monoisotopic (exact) mass is 317 g/mol. The van der Waals surface area contributed by atoms with E-state index in [2.05, 4.69) is 0 Å². The number of aryl methyl sites for hydroxylation is 1. The van der Waals surface area contributed by atoms with Crippen LogP contribution in [0.15, 0.2) is 48.5 Å². The maximum Gasteiger partial charge on any atom is 0.310 e. The largest absolute Gasteiger partial charge is 0.484 e. The van der Waals surface area contributed by atoms with Crippen LogP contribution in [-0.2, 0) is 11.3 Å². The second kappa shape index (κ2) is 8.26. The molecule has 0 aliphatic heterocycles. The molecular formula is C17H19NO5. The van der Waals surface area contributed by atoms with Crippen LogP contribution in [0.3, 0.4) is 0 Å². The standard InChI is InChI=1S/C17H19NO5/c1-13-7-8-16(18(20)21)17(9-13)23-12-15(19)11-22-10-14-5-3-2-4-6-14/h2-9,15,19H,10-12H2,1H3. The number of nitrogens with zero attached hydrogens (tertiary/aromatic N) is 1. The summed E-state index contributed by atoms with van der Waals surface area (Å²) in [6, 6.07) is 14.2. The van der Waals surface area contributed by atoms with E-state index in [-0.39, 0.29) is 24.7 Å². The van der Waals surface area contributed by atoms with Gasteiger partial charge in [-0.05, 0) is 24.1 Å². The molecule has 0 fully saturated rings. The summed E-state index contributed by atoms with van der Waals surface area (Å²) in [6.07, 6.45) is -0.862. The lowest BCUT2D eigenvalue weighted by Gasteiger charge is -2.13. The maximum absolute atomic E-state index is 10.9. The summed E-state index contributed by atoms with van der Waals surface area (Å²) in [5, 5.41) is 20.8. The Morgan fingerprint density at radius 1 is 1.17 bits per heavy atom. The van der Waals surface area contributed by atoms with Crippen LogP contribution in [0.5, 0.6) is 5.75 Å². The molecule has 0 bridgehead atoms. The first-order chi connectivity index (χ1) is 11.1. The molecule has 2 rings (SSSR count). The van der Waals surface area contributed by atoms with Crippen LogP contribution in [0, 0.1) is 17.0 Å². The number of ether oxygens (including phenoxy) is 2. The molecule has 0 aliphatic rings. The van der Waals surface area contributed by atoms with Crippen LogP contribution in [0.1, 0.15) is 11.1 Å². The Morgan fingerprint density at radius 3 is 2.61 bits per heavy atom. The number of nitro benzene ring substituents is 1. The summed E-state index contributed by atoms with van der Waals surface area (Å²) in [4.78, 5) is 10.4. The van der Waals surface area contributed by atoms with Crippen molar-refractivity contribution in [2.75, 3.05) is 13.2 Å². The van der Waals surface area contributed by atoms with Gasteiger partial charge in [-0.15, -0.1) is 0 Å². The highest BCUT2D eigenvalue weighted by atomic mass is 16.6. The van der Waals surface area contributed by atoms with Crippen LogP contribution >= 0.6 is 0 Å². The van der Waals surface area contributed by atoms with Gasteiger partial charge in [0.2, 0.25) is 0 Å². The van der Waals surface area contributed by atoms with Gasteiger partial charge in [0.1, 0.15) is 12.7 Å². The third-order valence-corrected chi connectivity index (χ3v) is 3.17. The quantitative estimate of drug-likeness (QED) is 0.598. The molecular weight excluding hydrogens is 298 g/mol. The molecule has 0 saturated heterocycles. The molecule has 0 aromatic heterocycles. The van der Waals surface area contributed by atoms with Crippen LogP contribution in [-0.4, -0.2) is 29.3 Å². The first-order valence-corrected chi connectivity index (χ1v) is 7.24. The van der Waals surface area contributed by atoms with Gasteiger partial charge in [0.05, 0.1) is 18.1 Å². The third-order valence-electron chi connectivity index (χ3n) is 3.17. The van der Waals surface area contributed by atoms with Gasteiger partial charge in [-0.2, -0.15) is 0 Å². The zero-order valence-corrected chi connectivity index (χ0v) is 12.8. The highest BCUT2D eigenvalue weighted by Crippen LogP contribution is 2.27. The van der Waals surface area contributed by atoms with Gasteiger partial charge in [0.15, 0.2) is 5.75 Å². The summed E-state index contributed by atoms with van der Waals surface area (Å²) in [5.74, 6) is 0.150. The van der Waals surface area contributed by atoms with Gasteiger partial charge in [0, 0.05) is 6.07 Å². The molecule has 0 radical (unpaired) electrons. The minimum absolute atomic E-state index is 0.0704. The van der Waals surface area contributed by atoms with E-state index in [0.29, 0.717) is 6.61 Å². The molecule has 2 aromatic rings. The normalized spacial score (nSPS) is 11.9. The van der Waals surface area contributed by atoms with Crippen LogP contribution in [0.25, 0.3) is 0 Å². The van der Waals surface area contributed by atoms with E-state index in [9.17, 15) is 15.2 Å². The Balaban J connectivity index is 1.81. The van der Waals surface area contributed by atoms with E-state index in [1.807, 2.05) is 37.3 Å². The van der Waals surface area contributed by atoms with Crippen molar-refractivity contribution in [1.82, 2.24) is 0 Å². The Labute approximate surface area is 134 Å². The average Bonchev–Trinajstić information content (AvgIpc) is 2.53. The zero-order valence-electron chi connectivity index (χ0n) is 12.8. The van der Waals surface area contributed by atoms with Crippen molar-refractivity contribution in [2.45, 2.75) is 19.6 Å². The van der Waals surface area contributed by atoms with E-state index >= 15 is 0 Å². The smallest absolute Gasteiger partial charge is 0.310 e. The lowest BCUT2D eigenvalue weighted by atomic mass is 10.2. The second-order valence-corrected chi connectivity index (χ2v) is 5.19. The Kier molecular flexibility index (Phi) is 6.08. The van der Waals surface area contributed by atoms with Crippen LogP contribution in [0.2, 0.25) is 0 Å². The molecule has 1 atom stereocenters. The molecule has 6 heteroatoms. The average molecular weight is 317 g/mol. The Morgan fingerprint density at radius 2 is 1.91 bits per heavy atom. The molecule has 122 valence electrons. The highest BCUT2D eigenvalue weighted by Gasteiger charge is 2.16. The molecule has 1 unspecified atom stereocenters. The molecule has 0 heterocycles. The minimum Gasteiger partial charge on any atom is -0.484 e. The zero-order chi connectivity index (χ0) is 16.7. The van der Waals surface area contributed by atoms with Crippen molar-refractivity contribution < 1.29 is 19.5 Å². The number of nitro groups is 1. The van der Waals surface area contributed by atoms with Gasteiger partial charge >= 0.3 is 5.69 Å². The van der Waals surface area contributed by atoms with Crippen molar-refractivity contribution in [3.8, 4) is 5.75 Å². The molecule has 23 heavy (non-hydrogen) atoms. The highest BCUT2D eigenvalue weighted by molar-refractivity contribution is 5.48. The fourth-order valence-electron chi connectivity index (χ4n) is 2.01. The number of aliphatic hydroxyl groups excluding tert-OH is 1. The molecule has 0 aliphatic carbocycles. The first kappa shape index (κ1) is 16.9. The van der Waals surface area contributed by atoms with Crippen molar-refractivity contribution >= 4 is 5.69 Å². The lowest BCUT2D eigenvalue weighted by Crippen LogP contribution is -2.23. The van der Waals surface area contributed by atoms with Crippen LogP contribution in [0.4, 0.5) is 5.69 Å². The topological polar surface area (TPSA) is 81.8 Å². The number of benzene rings is 2. The molecule has 6 nitrogen and oxygen atoms in total. The van der Waals surface area contributed by atoms with Gasteiger partial charge in [0.25, 0.3) is 0 Å². The van der Waals surface area contributed by atoms with E-state index in [4.69, 9.17) is 9.47 Å². The van der Waals surface area contributed by atoms with Crippen molar-refractivity contribution in [1.29, 1.82) is 0 Å². The molecule has 2 aromatic carbocycles. The first-order valence-electron chi connectivity index (χ1n) is 7.24. The molecule has 0 saturated carbocycles. The predicted octanol–water partition coefficient (Wildman–Crippen LogP) is 2.86. The fourth-order valence-corrected chi connectivity index (χ4v) is 2.01. The van der Waals surface area contributed by atoms with Crippen molar-refractivity contribution in [2.24, 2.45) is 0 Å². The van der Waals surface area contributed by atoms with Gasteiger partial charge in [-0.3, -0.25) is 10.1 Å². The number of rotatable bonds is 8. The SMILES string of the molecule is Cc1ccc([N+](=O)[O-])c(OCC(O)COCc2ccccc2)c1. The summed E-state index contributed by atoms with van der Waals surface area (Å²) in [5.41, 5.74) is 1.74. The fraction of sp³-hybridized carbons (Fsp3) is 0.294. The summed E-state index contributed by atoms with van der Waals surface area (Å²) >= 11 is 0. The van der Waals surface area contributed by atoms with Gasteiger partial charge in [-0.1, -0.05) is 36.4 Å². The Bertz CT molecular complexity index is 645. The molecule has 1 N–H and O–H groups in total. The maximum atomic E-state index is 10.9. The minimum atomic E-state index is -0.862. The number of hydrogen-bond donors (Lipinski definition) is 1. The number of aliphatic hydroxyl groups is 1. The molecule has 0 spiro atoms.